The molecule has 6 heteroatoms. The van der Waals surface area contributed by atoms with Crippen LogP contribution < -0.4 is 4.90 Å². The van der Waals surface area contributed by atoms with Crippen molar-refractivity contribution in [1.29, 1.82) is 0 Å². The highest BCUT2D eigenvalue weighted by Crippen LogP contribution is 2.27. The van der Waals surface area contributed by atoms with Crippen molar-refractivity contribution in [2.45, 2.75) is 26.8 Å². The van der Waals surface area contributed by atoms with Crippen molar-refractivity contribution in [2.75, 3.05) is 18.1 Å². The fourth-order valence-corrected chi connectivity index (χ4v) is 3.81. The Morgan fingerprint density at radius 1 is 1.17 bits per heavy atom. The largest absolute Gasteiger partial charge is 0.467 e. The second-order valence-corrected chi connectivity index (χ2v) is 7.36. The first-order valence-electron chi connectivity index (χ1n) is 9.95. The van der Waals surface area contributed by atoms with Crippen molar-refractivity contribution >= 4 is 23.6 Å². The van der Waals surface area contributed by atoms with Gasteiger partial charge in [0.25, 0.3) is 5.91 Å². The van der Waals surface area contributed by atoms with Gasteiger partial charge in [-0.05, 0) is 61.7 Å². The van der Waals surface area contributed by atoms with Gasteiger partial charge in [0.05, 0.1) is 12.8 Å². The standard InChI is InChI=1S/C24H24N2O4/c1-17-14-20(18(2)26(17)15-21-7-5-13-29-21)9-10-24(28)30-16-23(27)25-12-11-19-6-3-4-8-22(19)25/h3-10,13-14H,11-12,15-16H2,1-2H3/b10-9+. The van der Waals surface area contributed by atoms with Gasteiger partial charge in [-0.25, -0.2) is 4.79 Å². The Morgan fingerprint density at radius 2 is 2.00 bits per heavy atom. The Kier molecular flexibility index (Phi) is 5.57. The summed E-state index contributed by atoms with van der Waals surface area (Å²) in [5.41, 5.74) is 5.06. The number of esters is 1. The first-order valence-corrected chi connectivity index (χ1v) is 9.95. The molecule has 154 valence electrons. The summed E-state index contributed by atoms with van der Waals surface area (Å²) < 4.78 is 12.7. The van der Waals surface area contributed by atoms with Crippen LogP contribution in [-0.4, -0.2) is 29.6 Å². The molecule has 1 aromatic carbocycles. The smallest absolute Gasteiger partial charge is 0.331 e. The lowest BCUT2D eigenvalue weighted by Gasteiger charge is -2.16. The number of hydrogen-bond acceptors (Lipinski definition) is 4. The number of anilines is 1. The normalized spacial score (nSPS) is 13.1. The van der Waals surface area contributed by atoms with Crippen molar-refractivity contribution in [2.24, 2.45) is 0 Å². The number of ether oxygens (including phenoxy) is 1. The lowest BCUT2D eigenvalue weighted by Crippen LogP contribution is -2.33. The molecule has 30 heavy (non-hydrogen) atoms. The Morgan fingerprint density at radius 3 is 2.80 bits per heavy atom. The number of benzene rings is 1. The fourth-order valence-electron chi connectivity index (χ4n) is 3.81. The number of carbonyl (C=O) groups is 2. The average molecular weight is 404 g/mol. The van der Waals surface area contributed by atoms with E-state index < -0.39 is 5.97 Å². The summed E-state index contributed by atoms with van der Waals surface area (Å²) in [6.45, 7) is 4.99. The highest BCUT2D eigenvalue weighted by atomic mass is 16.5. The Balaban J connectivity index is 1.35. The minimum atomic E-state index is -0.535. The van der Waals surface area contributed by atoms with E-state index in [0.717, 1.165) is 40.4 Å². The van der Waals surface area contributed by atoms with E-state index in [9.17, 15) is 9.59 Å². The number of furan rings is 1. The summed E-state index contributed by atoms with van der Waals surface area (Å²) in [7, 11) is 0. The van der Waals surface area contributed by atoms with Crippen LogP contribution in [0.1, 0.15) is 28.3 Å². The monoisotopic (exact) mass is 404 g/mol. The number of rotatable bonds is 6. The molecule has 0 N–H and O–H groups in total. The molecule has 3 aromatic rings. The molecule has 1 aliphatic rings. The average Bonchev–Trinajstić information content (AvgIpc) is 3.47. The number of carbonyl (C=O) groups excluding carboxylic acids is 2. The molecule has 0 saturated carbocycles. The maximum absolute atomic E-state index is 12.5. The summed E-state index contributed by atoms with van der Waals surface area (Å²) in [4.78, 5) is 26.3. The summed E-state index contributed by atoms with van der Waals surface area (Å²) in [6.07, 6.45) is 5.56. The first kappa shape index (κ1) is 19.8. The number of nitrogens with zero attached hydrogens (tertiary/aromatic N) is 2. The van der Waals surface area contributed by atoms with Gasteiger partial charge >= 0.3 is 5.97 Å². The number of aromatic nitrogens is 1. The van der Waals surface area contributed by atoms with E-state index in [1.165, 1.54) is 6.08 Å². The van der Waals surface area contributed by atoms with E-state index in [1.807, 2.05) is 56.3 Å². The van der Waals surface area contributed by atoms with Gasteiger partial charge in [0.15, 0.2) is 6.61 Å². The number of hydrogen-bond donors (Lipinski definition) is 0. The van der Waals surface area contributed by atoms with Crippen LogP contribution in [-0.2, 0) is 27.3 Å². The van der Waals surface area contributed by atoms with Gasteiger partial charge in [0.2, 0.25) is 0 Å². The van der Waals surface area contributed by atoms with Crippen LogP contribution in [0.3, 0.4) is 0 Å². The molecule has 3 heterocycles. The van der Waals surface area contributed by atoms with Crippen LogP contribution in [0.25, 0.3) is 6.08 Å². The molecule has 0 spiro atoms. The molecule has 0 unspecified atom stereocenters. The van der Waals surface area contributed by atoms with E-state index in [0.29, 0.717) is 13.1 Å². The highest BCUT2D eigenvalue weighted by Gasteiger charge is 2.24. The van der Waals surface area contributed by atoms with Crippen LogP contribution in [0.4, 0.5) is 5.69 Å². The maximum atomic E-state index is 12.5. The third-order valence-corrected chi connectivity index (χ3v) is 5.43. The summed E-state index contributed by atoms with van der Waals surface area (Å²) in [5, 5.41) is 0. The molecule has 1 aliphatic heterocycles. The quantitative estimate of drug-likeness (QED) is 0.462. The van der Waals surface area contributed by atoms with Gasteiger partial charge in [-0.1, -0.05) is 18.2 Å². The van der Waals surface area contributed by atoms with Crippen molar-refractivity contribution in [3.8, 4) is 0 Å². The van der Waals surface area contributed by atoms with Crippen LogP contribution in [0.15, 0.2) is 59.2 Å². The molecule has 0 atom stereocenters. The minimum Gasteiger partial charge on any atom is -0.467 e. The van der Waals surface area contributed by atoms with E-state index in [4.69, 9.17) is 9.15 Å². The molecule has 1 amide bonds. The van der Waals surface area contributed by atoms with Gasteiger partial charge in [-0.3, -0.25) is 4.79 Å². The topological polar surface area (TPSA) is 64.7 Å². The SMILES string of the molecule is Cc1cc(/C=C/C(=O)OCC(=O)N2CCc3ccccc32)c(C)n1Cc1ccco1. The summed E-state index contributed by atoms with van der Waals surface area (Å²) >= 11 is 0. The number of amides is 1. The second kappa shape index (κ2) is 8.45. The molecule has 6 nitrogen and oxygen atoms in total. The lowest BCUT2D eigenvalue weighted by molar-refractivity contribution is -0.142. The zero-order chi connectivity index (χ0) is 21.1. The Labute approximate surface area is 175 Å². The van der Waals surface area contributed by atoms with Crippen LogP contribution in [0.2, 0.25) is 0 Å². The Hall–Kier alpha value is -3.54. The molecule has 0 radical (unpaired) electrons. The van der Waals surface area contributed by atoms with Crippen LogP contribution >= 0.6 is 0 Å². The van der Waals surface area contributed by atoms with Gasteiger partial charge in [-0.2, -0.15) is 0 Å². The lowest BCUT2D eigenvalue weighted by atomic mass is 10.2. The van der Waals surface area contributed by atoms with Crippen molar-refractivity contribution in [1.82, 2.24) is 4.57 Å². The first-order chi connectivity index (χ1) is 14.5. The fraction of sp³-hybridized carbons (Fsp3) is 0.250. The molecular weight excluding hydrogens is 380 g/mol. The summed E-state index contributed by atoms with van der Waals surface area (Å²) in [5.74, 6) is 0.124. The van der Waals surface area contributed by atoms with Gasteiger partial charge in [0, 0.05) is 29.7 Å². The van der Waals surface area contributed by atoms with E-state index in [2.05, 4.69) is 4.57 Å². The zero-order valence-corrected chi connectivity index (χ0v) is 17.1. The molecule has 4 rings (SSSR count). The predicted octanol–water partition coefficient (Wildman–Crippen LogP) is 3.89. The number of aryl methyl sites for hydroxylation is 1. The molecule has 0 bridgehead atoms. The van der Waals surface area contributed by atoms with E-state index in [1.54, 1.807) is 17.2 Å². The van der Waals surface area contributed by atoms with Crippen LogP contribution in [0.5, 0.6) is 0 Å². The second-order valence-electron chi connectivity index (χ2n) is 7.36. The minimum absolute atomic E-state index is 0.210. The zero-order valence-electron chi connectivity index (χ0n) is 17.1. The number of fused-ring (bicyclic) bond motifs is 1. The molecule has 0 fully saturated rings. The van der Waals surface area contributed by atoms with Crippen molar-refractivity contribution in [3.05, 3.63) is 83.1 Å². The highest BCUT2D eigenvalue weighted by molar-refractivity contribution is 5.98. The van der Waals surface area contributed by atoms with Crippen molar-refractivity contribution < 1.29 is 18.7 Å². The van der Waals surface area contributed by atoms with Crippen LogP contribution in [0, 0.1) is 13.8 Å². The molecule has 0 aliphatic carbocycles. The third kappa shape index (κ3) is 4.08. The van der Waals surface area contributed by atoms with Gasteiger partial charge in [-0.15, -0.1) is 0 Å². The van der Waals surface area contributed by atoms with Crippen molar-refractivity contribution in [3.63, 3.8) is 0 Å². The van der Waals surface area contributed by atoms with E-state index >= 15 is 0 Å². The molecule has 2 aromatic heterocycles. The molecular formula is C24H24N2O4. The maximum Gasteiger partial charge on any atom is 0.331 e. The third-order valence-electron chi connectivity index (χ3n) is 5.43. The number of para-hydroxylation sites is 1. The van der Waals surface area contributed by atoms with Gasteiger partial charge < -0.3 is 18.6 Å². The molecule has 0 saturated heterocycles. The van der Waals surface area contributed by atoms with E-state index in [-0.39, 0.29) is 12.5 Å². The van der Waals surface area contributed by atoms with Gasteiger partial charge in [0.1, 0.15) is 5.76 Å². The summed E-state index contributed by atoms with van der Waals surface area (Å²) in [6, 6.07) is 13.6. The predicted molar refractivity (Wildman–Crippen MR) is 114 cm³/mol. The Bertz CT molecular complexity index is 1090.